The molecule has 7 nitrogen and oxygen atoms in total. The molecule has 1 aliphatic rings. The molecule has 9 aromatic carbocycles. The van der Waals surface area contributed by atoms with Crippen LogP contribution >= 0.6 is 0 Å². The van der Waals surface area contributed by atoms with Crippen molar-refractivity contribution in [1.82, 2.24) is 24.4 Å². The summed E-state index contributed by atoms with van der Waals surface area (Å²) in [6.45, 7) is 0. The number of nitrogens with one attached hydrogen (secondary N) is 1. The van der Waals surface area contributed by atoms with Gasteiger partial charge in [0, 0.05) is 55.0 Å². The monoisotopic (exact) mass is 871 g/mol. The maximum absolute atomic E-state index is 5.43. The highest BCUT2D eigenvalue weighted by molar-refractivity contribution is 6.23. The summed E-state index contributed by atoms with van der Waals surface area (Å²) in [6.07, 6.45) is -0.531. The summed E-state index contributed by atoms with van der Waals surface area (Å²) in [5, 5.41) is 8.38. The molecule has 7 heteroatoms. The maximum atomic E-state index is 5.43. The van der Waals surface area contributed by atoms with E-state index in [9.17, 15) is 0 Å². The molecule has 0 saturated carbocycles. The number of para-hydroxylation sites is 2. The third-order valence-corrected chi connectivity index (χ3v) is 13.0. The van der Waals surface area contributed by atoms with Gasteiger partial charge in [0.25, 0.3) is 0 Å². The first-order valence-electron chi connectivity index (χ1n) is 22.9. The molecule has 320 valence electrons. The average molecular weight is 872 g/mol. The van der Waals surface area contributed by atoms with E-state index in [1.54, 1.807) is 0 Å². The van der Waals surface area contributed by atoms with Crippen molar-refractivity contribution in [2.75, 3.05) is 0 Å². The van der Waals surface area contributed by atoms with Gasteiger partial charge < -0.3 is 9.88 Å². The minimum atomic E-state index is -0.531. The van der Waals surface area contributed by atoms with Crippen LogP contribution in [0.25, 0.3) is 94.3 Å². The van der Waals surface area contributed by atoms with Crippen LogP contribution in [0.15, 0.2) is 247 Å². The van der Waals surface area contributed by atoms with Crippen LogP contribution in [0.3, 0.4) is 0 Å². The van der Waals surface area contributed by atoms with E-state index < -0.39 is 6.29 Å². The predicted octanol–water partition coefficient (Wildman–Crippen LogP) is 14.3. The SMILES string of the molecule is c1ccc(C2=NC(n3c4ccccc4c4ccc5c6ccccc6n(-c6cccc(-c7nc(-c8ccccc8)cc(-c8cccc(-c9ccccc9)c8)n7)c6)c5c43)NC(c3ccccc3)=N2)cc1. The smallest absolute Gasteiger partial charge is 0.204 e. The van der Waals surface area contributed by atoms with E-state index in [0.29, 0.717) is 11.7 Å². The quantitative estimate of drug-likeness (QED) is 0.165. The second-order valence-electron chi connectivity index (χ2n) is 17.1. The largest absolute Gasteiger partial charge is 0.331 e. The Kier molecular flexibility index (Phi) is 9.42. The summed E-state index contributed by atoms with van der Waals surface area (Å²) in [6, 6.07) is 82.7. The zero-order valence-electron chi connectivity index (χ0n) is 36.8. The molecule has 0 aliphatic carbocycles. The molecule has 0 bridgehead atoms. The molecule has 68 heavy (non-hydrogen) atoms. The van der Waals surface area contributed by atoms with Crippen molar-refractivity contribution >= 4 is 55.3 Å². The van der Waals surface area contributed by atoms with E-state index in [2.05, 4.69) is 203 Å². The van der Waals surface area contributed by atoms with Crippen molar-refractivity contribution in [2.24, 2.45) is 9.98 Å². The zero-order valence-corrected chi connectivity index (χ0v) is 36.8. The van der Waals surface area contributed by atoms with Crippen molar-refractivity contribution in [1.29, 1.82) is 0 Å². The minimum absolute atomic E-state index is 0.531. The fraction of sp³-hybridized carbons (Fsp3) is 0.0164. The molecule has 1 N–H and O–H groups in total. The lowest BCUT2D eigenvalue weighted by atomic mass is 10.0. The van der Waals surface area contributed by atoms with Crippen LogP contribution in [-0.2, 0) is 0 Å². The van der Waals surface area contributed by atoms with Crippen LogP contribution in [0.5, 0.6) is 0 Å². The van der Waals surface area contributed by atoms with Gasteiger partial charge in [0.1, 0.15) is 5.84 Å². The summed E-state index contributed by atoms with van der Waals surface area (Å²) in [5.41, 5.74) is 14.2. The second kappa shape index (κ2) is 16.3. The second-order valence-corrected chi connectivity index (χ2v) is 17.1. The van der Waals surface area contributed by atoms with Gasteiger partial charge in [0.2, 0.25) is 6.29 Å². The van der Waals surface area contributed by atoms with Crippen molar-refractivity contribution in [3.63, 3.8) is 0 Å². The highest BCUT2D eigenvalue weighted by Gasteiger charge is 2.27. The molecule has 1 atom stereocenters. The van der Waals surface area contributed by atoms with Gasteiger partial charge in [-0.2, -0.15) is 0 Å². The lowest BCUT2D eigenvalue weighted by molar-refractivity contribution is 0.516. The standard InChI is InChI=1S/C61H41N7/c1-5-19-40(20-6-1)44-27-17-28-45(37-44)53-39-52(41-21-7-2-8-22-41)62-60(63-53)46-29-18-30-47(38-46)67-54-33-15-13-31-48(54)50-35-36-51-49-32-14-16-34-55(49)68(57(51)56(50)67)61-65-58(42-23-9-3-10-24-42)64-59(66-61)43-25-11-4-12-26-43/h1-39,61H,(H,64,65,66). The molecule has 0 spiro atoms. The Balaban J connectivity index is 1.03. The molecule has 4 heterocycles. The number of aromatic nitrogens is 4. The van der Waals surface area contributed by atoms with Gasteiger partial charge in [0.05, 0.1) is 33.5 Å². The Labute approximate surface area is 392 Å². The first-order chi connectivity index (χ1) is 33.7. The number of amidine groups is 2. The van der Waals surface area contributed by atoms with Crippen LogP contribution < -0.4 is 5.32 Å². The molecular formula is C61H41N7. The lowest BCUT2D eigenvalue weighted by Crippen LogP contribution is -2.36. The van der Waals surface area contributed by atoms with Gasteiger partial charge in [-0.3, -0.25) is 4.57 Å². The highest BCUT2D eigenvalue weighted by atomic mass is 15.3. The summed E-state index contributed by atoms with van der Waals surface area (Å²) >= 11 is 0. The van der Waals surface area contributed by atoms with E-state index in [0.717, 1.165) is 105 Å². The summed E-state index contributed by atoms with van der Waals surface area (Å²) in [5.74, 6) is 2.08. The molecule has 13 rings (SSSR count). The third-order valence-electron chi connectivity index (χ3n) is 13.0. The Morgan fingerprint density at radius 1 is 0.368 bits per heavy atom. The average Bonchev–Trinajstić information content (AvgIpc) is 3.95. The molecule has 1 unspecified atom stereocenters. The van der Waals surface area contributed by atoms with Crippen LogP contribution in [-0.4, -0.2) is 30.8 Å². The minimum Gasteiger partial charge on any atom is -0.331 e. The van der Waals surface area contributed by atoms with E-state index in [-0.39, 0.29) is 0 Å². The maximum Gasteiger partial charge on any atom is 0.204 e. The lowest BCUT2D eigenvalue weighted by Gasteiger charge is -2.26. The Morgan fingerprint density at radius 3 is 1.62 bits per heavy atom. The fourth-order valence-corrected chi connectivity index (χ4v) is 9.84. The van der Waals surface area contributed by atoms with E-state index in [1.165, 1.54) is 0 Å². The number of fused-ring (bicyclic) bond motifs is 7. The van der Waals surface area contributed by atoms with Crippen molar-refractivity contribution < 1.29 is 0 Å². The van der Waals surface area contributed by atoms with Gasteiger partial charge in [-0.15, -0.1) is 0 Å². The molecule has 1 aliphatic heterocycles. The Morgan fingerprint density at radius 2 is 0.897 bits per heavy atom. The Bertz CT molecular complexity index is 3930. The number of rotatable bonds is 8. The van der Waals surface area contributed by atoms with Crippen molar-refractivity contribution in [3.8, 4) is 50.7 Å². The van der Waals surface area contributed by atoms with Crippen LogP contribution in [0, 0.1) is 0 Å². The Hall–Kier alpha value is -9.20. The zero-order chi connectivity index (χ0) is 45.0. The van der Waals surface area contributed by atoms with Gasteiger partial charge in [-0.25, -0.2) is 20.0 Å². The number of aliphatic imine (C=N–C) groups is 2. The van der Waals surface area contributed by atoms with Crippen LogP contribution in [0.2, 0.25) is 0 Å². The number of hydrogen-bond donors (Lipinski definition) is 1. The summed E-state index contributed by atoms with van der Waals surface area (Å²) in [4.78, 5) is 21.2. The van der Waals surface area contributed by atoms with Gasteiger partial charge >= 0.3 is 0 Å². The van der Waals surface area contributed by atoms with Gasteiger partial charge in [-0.1, -0.05) is 200 Å². The molecule has 0 amide bonds. The number of benzene rings is 9. The molecule has 3 aromatic heterocycles. The first-order valence-corrected chi connectivity index (χ1v) is 22.9. The number of nitrogens with zero attached hydrogens (tertiary/aromatic N) is 6. The summed E-state index contributed by atoms with van der Waals surface area (Å²) < 4.78 is 4.78. The summed E-state index contributed by atoms with van der Waals surface area (Å²) in [7, 11) is 0. The molecule has 0 fully saturated rings. The van der Waals surface area contributed by atoms with E-state index in [4.69, 9.17) is 20.0 Å². The van der Waals surface area contributed by atoms with Crippen molar-refractivity contribution in [2.45, 2.75) is 6.29 Å². The van der Waals surface area contributed by atoms with Crippen LogP contribution in [0.4, 0.5) is 0 Å². The highest BCUT2D eigenvalue weighted by Crippen LogP contribution is 2.42. The normalized spacial score (nSPS) is 13.7. The third kappa shape index (κ3) is 6.76. The molecule has 12 aromatic rings. The fourth-order valence-electron chi connectivity index (χ4n) is 9.84. The van der Waals surface area contributed by atoms with Crippen LogP contribution in [0.1, 0.15) is 17.4 Å². The molecule has 0 radical (unpaired) electrons. The predicted molar refractivity (Wildman–Crippen MR) is 279 cm³/mol. The topological polar surface area (TPSA) is 72.4 Å². The molecule has 0 saturated heterocycles. The van der Waals surface area contributed by atoms with Gasteiger partial charge in [0.15, 0.2) is 11.7 Å². The van der Waals surface area contributed by atoms with Gasteiger partial charge in [-0.05, 0) is 47.5 Å². The van der Waals surface area contributed by atoms with Crippen molar-refractivity contribution in [3.05, 3.63) is 248 Å². The first kappa shape index (κ1) is 39.2. The van der Waals surface area contributed by atoms with E-state index in [1.807, 2.05) is 48.5 Å². The number of hydrogen-bond acceptors (Lipinski definition) is 5. The molecular weight excluding hydrogens is 831 g/mol. The van der Waals surface area contributed by atoms with E-state index >= 15 is 0 Å².